The van der Waals surface area contributed by atoms with Crippen LogP contribution in [-0.4, -0.2) is 31.0 Å². The largest absolute Gasteiger partial charge is 0.481 e. The Morgan fingerprint density at radius 2 is 1.95 bits per heavy atom. The van der Waals surface area contributed by atoms with Crippen molar-refractivity contribution in [3.05, 3.63) is 39.9 Å². The number of carboxylic acids is 1. The molecule has 0 aromatic heterocycles. The van der Waals surface area contributed by atoms with Crippen molar-refractivity contribution >= 4 is 21.7 Å². The summed E-state index contributed by atoms with van der Waals surface area (Å²) in [5.74, 6) is -1.93. The number of nitrogens with one attached hydrogen (secondary N) is 1. The highest BCUT2D eigenvalue weighted by atomic mass is 32.2. The molecule has 9 heteroatoms. The lowest BCUT2D eigenvalue weighted by Gasteiger charge is -2.08. The smallest absolute Gasteiger partial charge is 0.306 e. The zero-order valence-corrected chi connectivity index (χ0v) is 12.2. The average molecular weight is 316 g/mol. The topological polar surface area (TPSA) is 127 Å². The van der Waals surface area contributed by atoms with Crippen LogP contribution in [0.4, 0.5) is 5.69 Å². The van der Waals surface area contributed by atoms with Crippen LogP contribution in [0.15, 0.2) is 24.3 Å². The van der Waals surface area contributed by atoms with E-state index in [0.29, 0.717) is 5.56 Å². The summed E-state index contributed by atoms with van der Waals surface area (Å²) in [6.07, 6.45) is 0.189. The number of benzene rings is 1. The van der Waals surface area contributed by atoms with Crippen molar-refractivity contribution in [1.29, 1.82) is 0 Å². The van der Waals surface area contributed by atoms with E-state index in [1.54, 1.807) is 0 Å². The third kappa shape index (κ3) is 5.88. The molecular formula is C12H16N2O6S. The number of non-ortho nitro benzene ring substituents is 1. The number of hydrogen-bond donors (Lipinski definition) is 2. The van der Waals surface area contributed by atoms with Crippen molar-refractivity contribution in [3.63, 3.8) is 0 Å². The highest BCUT2D eigenvalue weighted by Crippen LogP contribution is 2.13. The minimum absolute atomic E-state index is 0.0305. The van der Waals surface area contributed by atoms with E-state index in [1.807, 2.05) is 0 Å². The van der Waals surface area contributed by atoms with Crippen molar-refractivity contribution < 1.29 is 23.2 Å². The summed E-state index contributed by atoms with van der Waals surface area (Å²) in [5.41, 5.74) is 0.304. The van der Waals surface area contributed by atoms with Crippen LogP contribution in [0.25, 0.3) is 0 Å². The molecule has 2 N–H and O–H groups in total. The van der Waals surface area contributed by atoms with Crippen molar-refractivity contribution in [1.82, 2.24) is 4.72 Å². The number of aliphatic carboxylic acids is 1. The average Bonchev–Trinajstić information content (AvgIpc) is 2.38. The van der Waals surface area contributed by atoms with Crippen LogP contribution < -0.4 is 4.72 Å². The van der Waals surface area contributed by atoms with E-state index in [2.05, 4.69) is 4.72 Å². The van der Waals surface area contributed by atoms with Gasteiger partial charge in [-0.1, -0.05) is 19.1 Å². The Labute approximate surface area is 122 Å². The first kappa shape index (κ1) is 17.1. The molecule has 8 nitrogen and oxygen atoms in total. The molecule has 0 aliphatic heterocycles. The maximum atomic E-state index is 11.8. The fourth-order valence-electron chi connectivity index (χ4n) is 1.54. The molecule has 0 amide bonds. The van der Waals surface area contributed by atoms with Crippen LogP contribution in [-0.2, 0) is 20.6 Å². The summed E-state index contributed by atoms with van der Waals surface area (Å²) in [6.45, 7) is 1.52. The first-order valence-corrected chi connectivity index (χ1v) is 7.80. The van der Waals surface area contributed by atoms with Crippen LogP contribution in [0.1, 0.15) is 18.9 Å². The molecule has 0 saturated heterocycles. The molecule has 0 radical (unpaired) electrons. The summed E-state index contributed by atoms with van der Waals surface area (Å²) in [5, 5.41) is 19.2. The second-order valence-corrected chi connectivity index (χ2v) is 6.41. The van der Waals surface area contributed by atoms with E-state index < -0.39 is 26.8 Å². The van der Waals surface area contributed by atoms with Gasteiger partial charge in [-0.15, -0.1) is 0 Å². The summed E-state index contributed by atoms with van der Waals surface area (Å²) in [7, 11) is -3.60. The predicted molar refractivity (Wildman–Crippen MR) is 75.1 cm³/mol. The number of sulfonamides is 1. The molecular weight excluding hydrogens is 300 g/mol. The van der Waals surface area contributed by atoms with Crippen LogP contribution in [0.3, 0.4) is 0 Å². The van der Waals surface area contributed by atoms with E-state index in [9.17, 15) is 23.3 Å². The van der Waals surface area contributed by atoms with Crippen molar-refractivity contribution in [3.8, 4) is 0 Å². The molecule has 0 fully saturated rings. The number of hydrogen-bond acceptors (Lipinski definition) is 5. The van der Waals surface area contributed by atoms with Gasteiger partial charge in [0.25, 0.3) is 5.69 Å². The Morgan fingerprint density at radius 3 is 2.43 bits per heavy atom. The van der Waals surface area contributed by atoms with Crippen molar-refractivity contribution in [2.45, 2.75) is 19.1 Å². The first-order valence-electron chi connectivity index (χ1n) is 6.15. The van der Waals surface area contributed by atoms with Gasteiger partial charge in [-0.3, -0.25) is 14.9 Å². The molecule has 0 bridgehead atoms. The van der Waals surface area contributed by atoms with Gasteiger partial charge in [-0.2, -0.15) is 0 Å². The molecule has 0 heterocycles. The number of nitro benzene ring substituents is 1. The SMILES string of the molecule is CC(CCNS(=O)(=O)Cc1ccc([N+](=O)[O-])cc1)C(=O)O. The maximum absolute atomic E-state index is 11.8. The van der Waals surface area contributed by atoms with Gasteiger partial charge in [0.05, 0.1) is 16.6 Å². The lowest BCUT2D eigenvalue weighted by Crippen LogP contribution is -2.28. The highest BCUT2D eigenvalue weighted by Gasteiger charge is 2.15. The molecule has 116 valence electrons. The maximum Gasteiger partial charge on any atom is 0.306 e. The van der Waals surface area contributed by atoms with Gasteiger partial charge in [-0.05, 0) is 12.0 Å². The van der Waals surface area contributed by atoms with E-state index in [4.69, 9.17) is 5.11 Å². The van der Waals surface area contributed by atoms with Crippen LogP contribution >= 0.6 is 0 Å². The molecule has 0 aliphatic carbocycles. The number of carbonyl (C=O) groups is 1. The van der Waals surface area contributed by atoms with E-state index in [-0.39, 0.29) is 24.4 Å². The second kappa shape index (κ2) is 7.14. The zero-order chi connectivity index (χ0) is 16.0. The van der Waals surface area contributed by atoms with Crippen LogP contribution in [0, 0.1) is 16.0 Å². The Kier molecular flexibility index (Phi) is 5.79. The molecule has 0 aliphatic rings. The molecule has 0 saturated carbocycles. The second-order valence-electron chi connectivity index (χ2n) is 4.60. The van der Waals surface area contributed by atoms with Crippen molar-refractivity contribution in [2.24, 2.45) is 5.92 Å². The number of rotatable bonds is 8. The Morgan fingerprint density at radius 1 is 1.38 bits per heavy atom. The summed E-state index contributed by atoms with van der Waals surface area (Å²) >= 11 is 0. The zero-order valence-electron chi connectivity index (χ0n) is 11.4. The first-order chi connectivity index (χ1) is 9.71. The summed E-state index contributed by atoms with van der Waals surface area (Å²) in [4.78, 5) is 20.5. The van der Waals surface area contributed by atoms with Crippen LogP contribution in [0.2, 0.25) is 0 Å². The Balaban J connectivity index is 2.56. The lowest BCUT2D eigenvalue weighted by atomic mass is 10.1. The van der Waals surface area contributed by atoms with Gasteiger partial charge in [0.2, 0.25) is 10.0 Å². The molecule has 1 rings (SSSR count). The molecule has 0 spiro atoms. The fourth-order valence-corrected chi connectivity index (χ4v) is 2.70. The minimum atomic E-state index is -3.60. The molecule has 1 aromatic carbocycles. The van der Waals surface area contributed by atoms with Crippen molar-refractivity contribution in [2.75, 3.05) is 6.54 Å². The van der Waals surface area contributed by atoms with Gasteiger partial charge >= 0.3 is 5.97 Å². The Bertz CT molecular complexity index is 611. The summed E-state index contributed by atoms with van der Waals surface area (Å²) < 4.78 is 25.9. The van der Waals surface area contributed by atoms with Gasteiger partial charge in [0, 0.05) is 18.7 Å². The third-order valence-electron chi connectivity index (χ3n) is 2.82. The van der Waals surface area contributed by atoms with Gasteiger partial charge in [0.1, 0.15) is 0 Å². The molecule has 1 atom stereocenters. The van der Waals surface area contributed by atoms with Gasteiger partial charge in [-0.25, -0.2) is 13.1 Å². The molecule has 1 unspecified atom stereocenters. The van der Waals surface area contributed by atoms with Gasteiger partial charge in [0.15, 0.2) is 0 Å². The third-order valence-corrected chi connectivity index (χ3v) is 4.18. The quantitative estimate of drug-likeness (QED) is 0.546. The fraction of sp³-hybridized carbons (Fsp3) is 0.417. The normalized spacial score (nSPS) is 12.8. The molecule has 1 aromatic rings. The van der Waals surface area contributed by atoms with E-state index in [0.717, 1.165) is 0 Å². The number of carboxylic acid groups (broad SMARTS) is 1. The highest BCUT2D eigenvalue weighted by molar-refractivity contribution is 7.88. The standard InChI is InChI=1S/C12H16N2O6S/c1-9(12(15)16)6-7-13-21(19,20)8-10-2-4-11(5-3-10)14(17)18/h2-5,9,13H,6-8H2,1H3,(H,15,16). The summed E-state index contributed by atoms with van der Waals surface area (Å²) in [6, 6.07) is 5.21. The van der Waals surface area contributed by atoms with Crippen LogP contribution in [0.5, 0.6) is 0 Å². The monoisotopic (exact) mass is 316 g/mol. The van der Waals surface area contributed by atoms with Gasteiger partial charge < -0.3 is 5.11 Å². The number of nitro groups is 1. The predicted octanol–water partition coefficient (Wildman–Crippen LogP) is 1.12. The molecule has 21 heavy (non-hydrogen) atoms. The van der Waals surface area contributed by atoms with E-state index in [1.165, 1.54) is 31.2 Å². The lowest BCUT2D eigenvalue weighted by molar-refractivity contribution is -0.384. The minimum Gasteiger partial charge on any atom is -0.481 e. The number of nitrogens with zero attached hydrogens (tertiary/aromatic N) is 1. The Hall–Kier alpha value is -2.00. The van der Waals surface area contributed by atoms with E-state index >= 15 is 0 Å².